The Morgan fingerprint density at radius 3 is 1.71 bits per heavy atom. The van der Waals surface area contributed by atoms with E-state index in [0.717, 1.165) is 66.8 Å². The SMILES string of the molecule is c1ccc(-c2ccc(-c3nc(-c4ccc(-c5nc6ccccc6o5)cc4)cc(-c4ccc(-c5cncc6ccccc56)cc4)n3)cc2)cc1. The fraction of sp³-hybridized carbons (Fsp3) is 0. The molecule has 3 heterocycles. The summed E-state index contributed by atoms with van der Waals surface area (Å²) in [6.45, 7) is 0. The molecule has 0 aliphatic rings. The van der Waals surface area contributed by atoms with Crippen LogP contribution >= 0.6 is 0 Å². The van der Waals surface area contributed by atoms with Crippen LogP contribution in [0.3, 0.4) is 0 Å². The first kappa shape index (κ1) is 28.5. The highest BCUT2D eigenvalue weighted by molar-refractivity contribution is 5.96. The van der Waals surface area contributed by atoms with E-state index >= 15 is 0 Å². The summed E-state index contributed by atoms with van der Waals surface area (Å²) >= 11 is 0. The molecule has 0 spiro atoms. The van der Waals surface area contributed by atoms with Crippen LogP contribution in [0.1, 0.15) is 0 Å². The first-order chi connectivity index (χ1) is 24.2. The summed E-state index contributed by atoms with van der Waals surface area (Å²) in [4.78, 5) is 19.3. The van der Waals surface area contributed by atoms with Gasteiger partial charge in [0, 0.05) is 45.6 Å². The lowest BCUT2D eigenvalue weighted by atomic mass is 9.99. The van der Waals surface area contributed by atoms with Crippen LogP contribution in [0.5, 0.6) is 0 Å². The second kappa shape index (κ2) is 12.1. The van der Waals surface area contributed by atoms with Crippen molar-refractivity contribution >= 4 is 21.9 Å². The quantitative estimate of drug-likeness (QED) is 0.183. The Labute approximate surface area is 283 Å². The Hall–Kier alpha value is -6.72. The van der Waals surface area contributed by atoms with Gasteiger partial charge in [-0.3, -0.25) is 4.98 Å². The summed E-state index contributed by atoms with van der Waals surface area (Å²) in [5, 5.41) is 2.30. The summed E-state index contributed by atoms with van der Waals surface area (Å²) in [5.74, 6) is 1.26. The van der Waals surface area contributed by atoms with E-state index in [1.807, 2.05) is 60.9 Å². The maximum atomic E-state index is 6.02. The maximum absolute atomic E-state index is 6.02. The van der Waals surface area contributed by atoms with Crippen molar-refractivity contribution in [3.8, 4) is 67.6 Å². The average molecular weight is 629 g/mol. The third-order valence-corrected chi connectivity index (χ3v) is 8.86. The molecule has 49 heavy (non-hydrogen) atoms. The number of aromatic nitrogens is 4. The lowest BCUT2D eigenvalue weighted by Crippen LogP contribution is -1.96. The lowest BCUT2D eigenvalue weighted by molar-refractivity contribution is 0.620. The molecule has 0 fully saturated rings. The average Bonchev–Trinajstić information content (AvgIpc) is 3.63. The largest absolute Gasteiger partial charge is 0.436 e. The van der Waals surface area contributed by atoms with Gasteiger partial charge in [-0.25, -0.2) is 15.0 Å². The van der Waals surface area contributed by atoms with Crippen molar-refractivity contribution in [2.24, 2.45) is 0 Å². The number of benzene rings is 6. The Morgan fingerprint density at radius 2 is 0.980 bits per heavy atom. The molecule has 0 N–H and O–H groups in total. The molecular weight excluding hydrogens is 601 g/mol. The molecule has 0 amide bonds. The molecule has 9 aromatic rings. The van der Waals surface area contributed by atoms with Crippen LogP contribution in [-0.2, 0) is 0 Å². The van der Waals surface area contributed by atoms with Crippen molar-refractivity contribution in [2.45, 2.75) is 0 Å². The van der Waals surface area contributed by atoms with Crippen molar-refractivity contribution in [1.82, 2.24) is 19.9 Å². The Balaban J connectivity index is 1.11. The number of nitrogens with zero attached hydrogens (tertiary/aromatic N) is 4. The standard InChI is InChI=1S/C44H28N4O/c1-2-8-29(9-3-1)30-14-22-34(23-15-30)43-46-40(32-18-16-31(17-19-32)38-28-45-27-36-10-4-5-11-37(36)38)26-41(47-43)33-20-24-35(25-21-33)44-48-39-12-6-7-13-42(39)49-44/h1-28H. The zero-order chi connectivity index (χ0) is 32.6. The molecule has 3 aromatic heterocycles. The Kier molecular flexibility index (Phi) is 7.06. The van der Waals surface area contributed by atoms with Crippen molar-refractivity contribution in [3.63, 3.8) is 0 Å². The predicted molar refractivity (Wildman–Crippen MR) is 198 cm³/mol. The van der Waals surface area contributed by atoms with Crippen LogP contribution in [0.4, 0.5) is 0 Å². The van der Waals surface area contributed by atoms with Crippen molar-refractivity contribution in [3.05, 3.63) is 170 Å². The highest BCUT2D eigenvalue weighted by atomic mass is 16.3. The molecule has 9 rings (SSSR count). The molecule has 230 valence electrons. The number of pyridine rings is 1. The molecule has 0 unspecified atom stereocenters. The van der Waals surface area contributed by atoms with Crippen molar-refractivity contribution < 1.29 is 4.42 Å². The second-order valence-corrected chi connectivity index (χ2v) is 12.0. The summed E-state index contributed by atoms with van der Waals surface area (Å²) in [7, 11) is 0. The van der Waals surface area contributed by atoms with Gasteiger partial charge in [-0.05, 0) is 52.4 Å². The molecule has 0 atom stereocenters. The monoisotopic (exact) mass is 628 g/mol. The maximum Gasteiger partial charge on any atom is 0.227 e. The molecule has 6 aromatic carbocycles. The van der Waals surface area contributed by atoms with E-state index in [-0.39, 0.29) is 0 Å². The fourth-order valence-corrected chi connectivity index (χ4v) is 6.26. The number of para-hydroxylation sites is 2. The van der Waals surface area contributed by atoms with E-state index in [1.165, 1.54) is 10.9 Å². The topological polar surface area (TPSA) is 64.7 Å². The molecule has 0 aliphatic heterocycles. The van der Waals surface area contributed by atoms with Gasteiger partial charge in [0.25, 0.3) is 0 Å². The number of oxazole rings is 1. The van der Waals surface area contributed by atoms with Crippen LogP contribution in [0.25, 0.3) is 89.5 Å². The van der Waals surface area contributed by atoms with Crippen molar-refractivity contribution in [1.29, 1.82) is 0 Å². The normalized spacial score (nSPS) is 11.3. The molecule has 0 saturated carbocycles. The highest BCUT2D eigenvalue weighted by Gasteiger charge is 2.14. The van der Waals surface area contributed by atoms with E-state index in [2.05, 4.69) is 119 Å². The smallest absolute Gasteiger partial charge is 0.227 e. The zero-order valence-corrected chi connectivity index (χ0v) is 26.4. The molecule has 5 nitrogen and oxygen atoms in total. The first-order valence-corrected chi connectivity index (χ1v) is 16.2. The highest BCUT2D eigenvalue weighted by Crippen LogP contribution is 2.33. The van der Waals surface area contributed by atoms with Gasteiger partial charge < -0.3 is 4.42 Å². The van der Waals surface area contributed by atoms with Crippen LogP contribution in [0.15, 0.2) is 175 Å². The fourth-order valence-electron chi connectivity index (χ4n) is 6.26. The number of rotatable bonds is 6. The number of hydrogen-bond acceptors (Lipinski definition) is 5. The third kappa shape index (κ3) is 5.53. The minimum Gasteiger partial charge on any atom is -0.436 e. The number of hydrogen-bond donors (Lipinski definition) is 0. The second-order valence-electron chi connectivity index (χ2n) is 12.0. The van der Waals surface area contributed by atoms with Crippen LogP contribution in [0, 0.1) is 0 Å². The summed E-state index contributed by atoms with van der Waals surface area (Å²) in [6, 6.07) is 53.8. The van der Waals surface area contributed by atoms with Gasteiger partial charge in [-0.2, -0.15) is 0 Å². The van der Waals surface area contributed by atoms with Crippen molar-refractivity contribution in [2.75, 3.05) is 0 Å². The van der Waals surface area contributed by atoms with E-state index in [4.69, 9.17) is 14.4 Å². The first-order valence-electron chi connectivity index (χ1n) is 16.2. The summed E-state index contributed by atoms with van der Waals surface area (Å²) in [6.07, 6.45) is 3.84. The summed E-state index contributed by atoms with van der Waals surface area (Å²) < 4.78 is 6.02. The van der Waals surface area contributed by atoms with Crippen LogP contribution < -0.4 is 0 Å². The van der Waals surface area contributed by atoms with E-state index < -0.39 is 0 Å². The minimum absolute atomic E-state index is 0.594. The minimum atomic E-state index is 0.594. The van der Waals surface area contributed by atoms with Gasteiger partial charge >= 0.3 is 0 Å². The van der Waals surface area contributed by atoms with Gasteiger partial charge in [-0.1, -0.05) is 127 Å². The van der Waals surface area contributed by atoms with Gasteiger partial charge in [-0.15, -0.1) is 0 Å². The van der Waals surface area contributed by atoms with Gasteiger partial charge in [0.15, 0.2) is 11.4 Å². The lowest BCUT2D eigenvalue weighted by Gasteiger charge is -2.11. The molecular formula is C44H28N4O. The van der Waals surface area contributed by atoms with Crippen LogP contribution in [-0.4, -0.2) is 19.9 Å². The predicted octanol–water partition coefficient (Wildman–Crippen LogP) is 11.2. The van der Waals surface area contributed by atoms with Gasteiger partial charge in [0.05, 0.1) is 11.4 Å². The van der Waals surface area contributed by atoms with E-state index in [0.29, 0.717) is 11.7 Å². The Morgan fingerprint density at radius 1 is 0.408 bits per heavy atom. The van der Waals surface area contributed by atoms with Gasteiger partial charge in [0.1, 0.15) is 5.52 Å². The van der Waals surface area contributed by atoms with Gasteiger partial charge in [0.2, 0.25) is 5.89 Å². The molecule has 0 bridgehead atoms. The van der Waals surface area contributed by atoms with E-state index in [1.54, 1.807) is 0 Å². The molecule has 0 saturated heterocycles. The third-order valence-electron chi connectivity index (χ3n) is 8.86. The van der Waals surface area contributed by atoms with Crippen LogP contribution in [0.2, 0.25) is 0 Å². The van der Waals surface area contributed by atoms with E-state index in [9.17, 15) is 0 Å². The summed E-state index contributed by atoms with van der Waals surface area (Å²) in [5.41, 5.74) is 11.7. The Bertz CT molecular complexity index is 2540. The number of fused-ring (bicyclic) bond motifs is 2. The molecule has 0 aliphatic carbocycles. The zero-order valence-electron chi connectivity index (χ0n) is 26.4. The molecule has 0 radical (unpaired) electrons. The molecule has 5 heteroatoms.